The number of carbonyl (C=O) groups is 2. The van der Waals surface area contributed by atoms with Gasteiger partial charge in [0.2, 0.25) is 12.1 Å². The molecule has 0 bridgehead atoms. The van der Waals surface area contributed by atoms with Gasteiger partial charge in [-0.2, -0.15) is 0 Å². The third-order valence-electron chi connectivity index (χ3n) is 2.44. The zero-order valence-corrected chi connectivity index (χ0v) is 11.6. The van der Waals surface area contributed by atoms with Gasteiger partial charge < -0.3 is 10.1 Å². The second-order valence-corrected chi connectivity index (χ2v) is 4.20. The van der Waals surface area contributed by atoms with Crippen LogP contribution in [0, 0.1) is 0 Å². The first kappa shape index (κ1) is 14.2. The molecule has 0 aromatic carbocycles. The van der Waals surface area contributed by atoms with E-state index in [4.69, 9.17) is 16.3 Å². The van der Waals surface area contributed by atoms with Crippen molar-refractivity contribution in [3.8, 4) is 0 Å². The lowest BCUT2D eigenvalue weighted by atomic mass is 10.4. The van der Waals surface area contributed by atoms with E-state index in [1.807, 2.05) is 0 Å². The van der Waals surface area contributed by atoms with E-state index >= 15 is 0 Å². The van der Waals surface area contributed by atoms with Crippen LogP contribution in [0.5, 0.6) is 0 Å². The summed E-state index contributed by atoms with van der Waals surface area (Å²) >= 11 is 5.89. The van der Waals surface area contributed by atoms with Crippen molar-refractivity contribution in [1.82, 2.24) is 24.8 Å². The fourth-order valence-corrected chi connectivity index (χ4v) is 1.85. The van der Waals surface area contributed by atoms with Crippen molar-refractivity contribution in [1.29, 1.82) is 0 Å². The molecule has 2 aromatic heterocycles. The minimum atomic E-state index is -1.05. The lowest BCUT2D eigenvalue weighted by molar-refractivity contribution is -0.149. The average molecular weight is 298 g/mol. The Morgan fingerprint density at radius 3 is 2.85 bits per heavy atom. The molecule has 0 saturated carbocycles. The molecule has 1 unspecified atom stereocenters. The lowest BCUT2D eigenvalue weighted by Crippen LogP contribution is -2.37. The van der Waals surface area contributed by atoms with Crippen molar-refractivity contribution in [3.63, 3.8) is 0 Å². The minimum absolute atomic E-state index is 0.166. The molecule has 0 aliphatic rings. The van der Waals surface area contributed by atoms with E-state index in [0.29, 0.717) is 11.2 Å². The third kappa shape index (κ3) is 2.69. The monoisotopic (exact) mass is 297 g/mol. The SMILES string of the molecule is CCOC(=O)C(NC(C)=O)n1cnc2c(Cl)ncnc21. The van der Waals surface area contributed by atoms with E-state index in [1.54, 1.807) is 6.92 Å². The summed E-state index contributed by atoms with van der Waals surface area (Å²) < 4.78 is 6.31. The first-order valence-electron chi connectivity index (χ1n) is 5.81. The lowest BCUT2D eigenvalue weighted by Gasteiger charge is -2.17. The Kier molecular flexibility index (Phi) is 4.14. The summed E-state index contributed by atoms with van der Waals surface area (Å²) in [5.74, 6) is -0.998. The number of carbonyl (C=O) groups excluding carboxylic acids is 2. The van der Waals surface area contributed by atoms with E-state index in [1.165, 1.54) is 24.1 Å². The molecular weight excluding hydrogens is 286 g/mol. The Labute approximate surface area is 119 Å². The Morgan fingerprint density at radius 1 is 1.45 bits per heavy atom. The fraction of sp³-hybridized carbons (Fsp3) is 0.364. The molecule has 0 spiro atoms. The summed E-state index contributed by atoms with van der Waals surface area (Å²) in [6.45, 7) is 3.17. The molecule has 2 aromatic rings. The first-order chi connectivity index (χ1) is 9.54. The van der Waals surface area contributed by atoms with Crippen LogP contribution in [0.3, 0.4) is 0 Å². The van der Waals surface area contributed by atoms with Crippen molar-refractivity contribution >= 4 is 34.6 Å². The summed E-state index contributed by atoms with van der Waals surface area (Å²) in [4.78, 5) is 35.0. The molecule has 0 radical (unpaired) electrons. The van der Waals surface area contributed by atoms with Gasteiger partial charge in [-0.1, -0.05) is 11.6 Å². The fourth-order valence-electron chi connectivity index (χ4n) is 1.67. The van der Waals surface area contributed by atoms with Crippen LogP contribution < -0.4 is 5.32 Å². The smallest absolute Gasteiger partial charge is 0.350 e. The van der Waals surface area contributed by atoms with Gasteiger partial charge in [-0.3, -0.25) is 9.36 Å². The number of hydrogen-bond donors (Lipinski definition) is 1. The zero-order valence-electron chi connectivity index (χ0n) is 10.8. The summed E-state index contributed by atoms with van der Waals surface area (Å²) in [5, 5.41) is 2.65. The molecule has 0 aliphatic carbocycles. The van der Waals surface area contributed by atoms with Gasteiger partial charge in [-0.05, 0) is 6.92 Å². The predicted octanol–water partition coefficient (Wildman–Crippen LogP) is 0.677. The molecule has 0 aliphatic heterocycles. The normalized spacial score (nSPS) is 12.2. The number of esters is 1. The van der Waals surface area contributed by atoms with Crippen LogP contribution in [0.15, 0.2) is 12.7 Å². The maximum absolute atomic E-state index is 11.9. The molecule has 2 heterocycles. The molecule has 1 amide bonds. The Balaban J connectivity index is 2.48. The van der Waals surface area contributed by atoms with Crippen LogP contribution in [0.4, 0.5) is 0 Å². The number of aromatic nitrogens is 4. The summed E-state index contributed by atoms with van der Waals surface area (Å²) in [6, 6.07) is 0. The molecule has 2 rings (SSSR count). The maximum atomic E-state index is 11.9. The number of ether oxygens (including phenoxy) is 1. The van der Waals surface area contributed by atoms with Gasteiger partial charge in [0.25, 0.3) is 0 Å². The summed E-state index contributed by atoms with van der Waals surface area (Å²) in [7, 11) is 0. The molecule has 0 saturated heterocycles. The first-order valence-corrected chi connectivity index (χ1v) is 6.19. The van der Waals surface area contributed by atoms with Gasteiger partial charge in [0.05, 0.1) is 12.9 Å². The highest BCUT2D eigenvalue weighted by Gasteiger charge is 2.25. The molecule has 1 atom stereocenters. The largest absolute Gasteiger partial charge is 0.463 e. The zero-order chi connectivity index (χ0) is 14.7. The van der Waals surface area contributed by atoms with Crippen LogP contribution in [-0.2, 0) is 14.3 Å². The van der Waals surface area contributed by atoms with Gasteiger partial charge in [0.1, 0.15) is 11.8 Å². The van der Waals surface area contributed by atoms with Crippen LogP contribution >= 0.6 is 11.6 Å². The summed E-state index contributed by atoms with van der Waals surface area (Å²) in [6.07, 6.45) is 1.55. The van der Waals surface area contributed by atoms with Gasteiger partial charge in [-0.25, -0.2) is 19.7 Å². The number of hydrogen-bond acceptors (Lipinski definition) is 6. The molecule has 106 valence electrons. The molecule has 0 fully saturated rings. The van der Waals surface area contributed by atoms with Gasteiger partial charge in [0.15, 0.2) is 10.8 Å². The number of rotatable bonds is 4. The number of fused-ring (bicyclic) bond motifs is 1. The highest BCUT2D eigenvalue weighted by atomic mass is 35.5. The predicted molar refractivity (Wildman–Crippen MR) is 69.8 cm³/mol. The Morgan fingerprint density at radius 2 is 2.20 bits per heavy atom. The topological polar surface area (TPSA) is 99.0 Å². The number of imidazole rings is 1. The van der Waals surface area contributed by atoms with E-state index < -0.39 is 12.1 Å². The van der Waals surface area contributed by atoms with Crippen molar-refractivity contribution in [2.24, 2.45) is 0 Å². The van der Waals surface area contributed by atoms with Crippen molar-refractivity contribution in [2.75, 3.05) is 6.61 Å². The second kappa shape index (κ2) is 5.83. The van der Waals surface area contributed by atoms with Crippen molar-refractivity contribution in [3.05, 3.63) is 17.8 Å². The number of halogens is 1. The Hall–Kier alpha value is -2.22. The molecule has 9 heteroatoms. The highest BCUT2D eigenvalue weighted by molar-refractivity contribution is 6.33. The quantitative estimate of drug-likeness (QED) is 0.658. The van der Waals surface area contributed by atoms with Crippen LogP contribution in [0.2, 0.25) is 5.15 Å². The molecule has 1 N–H and O–H groups in total. The van der Waals surface area contributed by atoms with E-state index in [0.717, 1.165) is 0 Å². The van der Waals surface area contributed by atoms with Crippen molar-refractivity contribution < 1.29 is 14.3 Å². The molecule has 20 heavy (non-hydrogen) atoms. The highest BCUT2D eigenvalue weighted by Crippen LogP contribution is 2.20. The van der Waals surface area contributed by atoms with Crippen LogP contribution in [-0.4, -0.2) is 38.0 Å². The average Bonchev–Trinajstić information content (AvgIpc) is 2.81. The number of amides is 1. The van der Waals surface area contributed by atoms with Crippen molar-refractivity contribution in [2.45, 2.75) is 20.0 Å². The van der Waals surface area contributed by atoms with Crippen LogP contribution in [0.25, 0.3) is 11.2 Å². The van der Waals surface area contributed by atoms with Gasteiger partial charge >= 0.3 is 5.97 Å². The van der Waals surface area contributed by atoms with E-state index in [9.17, 15) is 9.59 Å². The van der Waals surface area contributed by atoms with Crippen LogP contribution in [0.1, 0.15) is 20.0 Å². The number of nitrogens with zero attached hydrogens (tertiary/aromatic N) is 4. The minimum Gasteiger partial charge on any atom is -0.463 e. The number of nitrogens with one attached hydrogen (secondary N) is 1. The standard InChI is InChI=1S/C11H12ClN5O3/c1-3-20-11(19)10(16-6(2)18)17-5-15-7-8(12)13-4-14-9(7)17/h4-5,10H,3H2,1-2H3,(H,16,18). The molecule has 8 nitrogen and oxygen atoms in total. The second-order valence-electron chi connectivity index (χ2n) is 3.84. The Bertz CT molecular complexity index is 657. The van der Waals surface area contributed by atoms with Gasteiger partial charge in [0, 0.05) is 6.92 Å². The maximum Gasteiger partial charge on any atom is 0.350 e. The third-order valence-corrected chi connectivity index (χ3v) is 2.72. The molecular formula is C11H12ClN5O3. The van der Waals surface area contributed by atoms with Gasteiger partial charge in [-0.15, -0.1) is 0 Å². The van der Waals surface area contributed by atoms with E-state index in [-0.39, 0.29) is 17.7 Å². The van der Waals surface area contributed by atoms with E-state index in [2.05, 4.69) is 20.3 Å². The summed E-state index contributed by atoms with van der Waals surface area (Å²) in [5.41, 5.74) is 0.672.